The van der Waals surface area contributed by atoms with Gasteiger partial charge in [0.1, 0.15) is 0 Å². The minimum atomic E-state index is -3.75. The molecular weight excluding hydrogens is 426 g/mol. The molecule has 2 aromatic carbocycles. The normalized spacial score (nSPS) is 22.7. The van der Waals surface area contributed by atoms with E-state index in [1.807, 2.05) is 18.2 Å². The Morgan fingerprint density at radius 2 is 1.88 bits per heavy atom. The van der Waals surface area contributed by atoms with Gasteiger partial charge in [-0.15, -0.1) is 0 Å². The maximum absolute atomic E-state index is 13.2. The van der Waals surface area contributed by atoms with E-state index in [2.05, 4.69) is 20.2 Å². The Morgan fingerprint density at radius 3 is 2.53 bits per heavy atom. The second-order valence-electron chi connectivity index (χ2n) is 8.66. The van der Waals surface area contributed by atoms with Crippen LogP contribution in [0.4, 0.5) is 11.6 Å². The van der Waals surface area contributed by atoms with E-state index in [0.717, 1.165) is 25.0 Å². The summed E-state index contributed by atoms with van der Waals surface area (Å²) in [5.41, 5.74) is 1.86. The topological polar surface area (TPSA) is 118 Å². The predicted octanol–water partition coefficient (Wildman–Crippen LogP) is 2.94. The van der Waals surface area contributed by atoms with Crippen LogP contribution in [0.3, 0.4) is 0 Å². The number of primary sulfonamides is 1. The second-order valence-corrected chi connectivity index (χ2v) is 10.2. The first-order valence-corrected chi connectivity index (χ1v) is 12.3. The highest BCUT2D eigenvalue weighted by Crippen LogP contribution is 2.35. The minimum absolute atomic E-state index is 0.0307. The Labute approximate surface area is 186 Å². The van der Waals surface area contributed by atoms with Gasteiger partial charge in [0.05, 0.1) is 10.4 Å². The van der Waals surface area contributed by atoms with Crippen LogP contribution < -0.4 is 10.5 Å². The number of benzene rings is 2. The van der Waals surface area contributed by atoms with Gasteiger partial charge in [0.25, 0.3) is 0 Å². The molecule has 6 rings (SSSR count). The van der Waals surface area contributed by atoms with Crippen molar-refractivity contribution in [2.24, 2.45) is 17.0 Å². The highest BCUT2D eigenvalue weighted by Gasteiger charge is 2.35. The summed E-state index contributed by atoms with van der Waals surface area (Å²) in [6, 6.07) is 11.6. The van der Waals surface area contributed by atoms with Crippen molar-refractivity contribution < 1.29 is 13.2 Å². The van der Waals surface area contributed by atoms with Crippen molar-refractivity contribution in [2.75, 3.05) is 25.0 Å². The summed E-state index contributed by atoms with van der Waals surface area (Å²) in [4.78, 5) is 24.7. The summed E-state index contributed by atoms with van der Waals surface area (Å²) in [7, 11) is -3.75. The number of para-hydroxylation sites is 1. The molecule has 3 aliphatic rings. The van der Waals surface area contributed by atoms with E-state index in [1.54, 1.807) is 18.3 Å². The average molecular weight is 452 g/mol. The molecule has 0 aliphatic carbocycles. The molecule has 0 saturated carbocycles. The van der Waals surface area contributed by atoms with Crippen molar-refractivity contribution in [1.82, 2.24) is 14.9 Å². The number of aromatic nitrogens is 2. The maximum Gasteiger partial charge on any atom is 0.238 e. The zero-order valence-electron chi connectivity index (χ0n) is 17.6. The van der Waals surface area contributed by atoms with Gasteiger partial charge in [-0.05, 0) is 68.1 Å². The number of Topliss-reactive ketones (excluding diaryl/α,β-unsaturated/α-hetero) is 1. The highest BCUT2D eigenvalue weighted by molar-refractivity contribution is 7.89. The first-order chi connectivity index (χ1) is 15.4. The first kappa shape index (κ1) is 21.0. The Bertz CT molecular complexity index is 1270. The van der Waals surface area contributed by atoms with Crippen LogP contribution in [0.25, 0.3) is 10.9 Å². The van der Waals surface area contributed by atoms with Crippen LogP contribution in [0.5, 0.6) is 0 Å². The molecule has 32 heavy (non-hydrogen) atoms. The number of fused-ring (bicyclic) bond motifs is 4. The fourth-order valence-electron chi connectivity index (χ4n) is 4.86. The van der Waals surface area contributed by atoms with E-state index in [0.29, 0.717) is 41.0 Å². The van der Waals surface area contributed by atoms with Gasteiger partial charge in [-0.1, -0.05) is 12.1 Å². The molecule has 0 amide bonds. The Morgan fingerprint density at radius 1 is 1.12 bits per heavy atom. The van der Waals surface area contributed by atoms with Gasteiger partial charge in [-0.25, -0.2) is 23.5 Å². The third-order valence-electron chi connectivity index (χ3n) is 6.59. The van der Waals surface area contributed by atoms with Gasteiger partial charge in [-0.2, -0.15) is 0 Å². The molecule has 0 unspecified atom stereocenters. The van der Waals surface area contributed by atoms with Crippen molar-refractivity contribution >= 4 is 38.3 Å². The van der Waals surface area contributed by atoms with E-state index in [4.69, 9.17) is 5.14 Å². The zero-order chi connectivity index (χ0) is 22.3. The number of hydrogen-bond donors (Lipinski definition) is 2. The molecule has 1 aromatic heterocycles. The van der Waals surface area contributed by atoms with Crippen molar-refractivity contribution in [3.63, 3.8) is 0 Å². The number of carbonyl (C=O) groups excluding carboxylic acids is 1. The van der Waals surface area contributed by atoms with Crippen LogP contribution in [-0.2, 0) is 10.0 Å². The summed E-state index contributed by atoms with van der Waals surface area (Å²) in [5, 5.41) is 9.02. The number of anilines is 2. The summed E-state index contributed by atoms with van der Waals surface area (Å²) in [6.45, 7) is 3.33. The smallest absolute Gasteiger partial charge is 0.238 e. The third kappa shape index (κ3) is 4.23. The molecule has 3 aliphatic heterocycles. The largest absolute Gasteiger partial charge is 0.324 e. The number of nitrogens with zero attached hydrogens (tertiary/aromatic N) is 3. The van der Waals surface area contributed by atoms with Crippen molar-refractivity contribution in [2.45, 2.75) is 24.2 Å². The predicted molar refractivity (Wildman–Crippen MR) is 122 cm³/mol. The maximum atomic E-state index is 13.2. The molecule has 8 nitrogen and oxygen atoms in total. The quantitative estimate of drug-likeness (QED) is 0.553. The Hall–Kier alpha value is -2.88. The lowest BCUT2D eigenvalue weighted by Crippen LogP contribution is -2.47. The van der Waals surface area contributed by atoms with E-state index in [1.165, 1.54) is 25.0 Å². The van der Waals surface area contributed by atoms with Gasteiger partial charge >= 0.3 is 0 Å². The van der Waals surface area contributed by atoms with Crippen LogP contribution >= 0.6 is 0 Å². The Kier molecular flexibility index (Phi) is 5.40. The number of hydrogen-bond acceptors (Lipinski definition) is 7. The van der Waals surface area contributed by atoms with E-state index >= 15 is 0 Å². The summed E-state index contributed by atoms with van der Waals surface area (Å²) >= 11 is 0. The van der Waals surface area contributed by atoms with Crippen molar-refractivity contribution in [1.29, 1.82) is 0 Å². The molecule has 0 spiro atoms. The molecule has 3 aromatic rings. The van der Waals surface area contributed by atoms with Crippen molar-refractivity contribution in [3.8, 4) is 0 Å². The average Bonchev–Trinajstić information content (AvgIpc) is 2.79. The number of rotatable bonds is 6. The number of nitrogens with one attached hydrogen (secondary N) is 1. The first-order valence-electron chi connectivity index (χ1n) is 10.8. The monoisotopic (exact) mass is 451 g/mol. The fraction of sp³-hybridized carbons (Fsp3) is 0.348. The molecule has 166 valence electrons. The van der Waals surface area contributed by atoms with Crippen LogP contribution in [0.1, 0.15) is 29.6 Å². The number of sulfonamides is 1. The number of nitrogens with two attached hydrogens (primary N) is 1. The summed E-state index contributed by atoms with van der Waals surface area (Å²) in [6.07, 6.45) is 4.61. The number of piperidine rings is 3. The molecule has 0 radical (unpaired) electrons. The van der Waals surface area contributed by atoms with E-state index in [-0.39, 0.29) is 10.7 Å². The van der Waals surface area contributed by atoms with Gasteiger partial charge in [-0.3, -0.25) is 4.79 Å². The van der Waals surface area contributed by atoms with Crippen LogP contribution in [0.2, 0.25) is 0 Å². The van der Waals surface area contributed by atoms with Gasteiger partial charge < -0.3 is 10.2 Å². The zero-order valence-corrected chi connectivity index (χ0v) is 18.4. The van der Waals surface area contributed by atoms with Crippen LogP contribution in [0.15, 0.2) is 53.6 Å². The summed E-state index contributed by atoms with van der Waals surface area (Å²) in [5.74, 6) is 1.52. The summed E-state index contributed by atoms with van der Waals surface area (Å²) < 4.78 is 22.9. The molecule has 4 heterocycles. The lowest BCUT2D eigenvalue weighted by Gasteiger charge is -2.44. The fourth-order valence-corrected chi connectivity index (χ4v) is 5.38. The second kappa shape index (κ2) is 8.23. The molecule has 2 bridgehead atoms. The molecule has 1 atom stereocenters. The van der Waals surface area contributed by atoms with E-state index < -0.39 is 10.0 Å². The molecule has 9 heteroatoms. The third-order valence-corrected chi connectivity index (χ3v) is 7.52. The lowest BCUT2D eigenvalue weighted by atomic mass is 9.76. The SMILES string of the molecule is NS(=O)(=O)c1ccc(Nc2ncc3cccc(C(=O)C[C@@H]4CN5CCC4CC5)c3n2)cc1. The Balaban J connectivity index is 1.38. The number of carbonyl (C=O) groups is 1. The van der Waals surface area contributed by atoms with Gasteiger partial charge in [0.15, 0.2) is 5.78 Å². The molecule has 3 N–H and O–H groups in total. The lowest BCUT2D eigenvalue weighted by molar-refractivity contribution is 0.0441. The molecular formula is C23H25N5O3S. The van der Waals surface area contributed by atoms with Crippen LogP contribution in [0, 0.1) is 11.8 Å². The molecule has 3 saturated heterocycles. The van der Waals surface area contributed by atoms with Gasteiger partial charge in [0.2, 0.25) is 16.0 Å². The van der Waals surface area contributed by atoms with Crippen LogP contribution in [-0.4, -0.2) is 48.7 Å². The molecule has 3 fully saturated rings. The minimum Gasteiger partial charge on any atom is -0.324 e. The van der Waals surface area contributed by atoms with Gasteiger partial charge in [0, 0.05) is 35.8 Å². The van der Waals surface area contributed by atoms with Crippen molar-refractivity contribution in [3.05, 3.63) is 54.2 Å². The highest BCUT2D eigenvalue weighted by atomic mass is 32.2. The standard InChI is InChI=1S/C23H25N5O3S/c24-32(30,31)19-6-4-18(5-7-19)26-23-25-13-16-2-1-3-20(22(16)27-23)21(29)12-17-14-28-10-8-15(17)9-11-28/h1-7,13,15,17H,8-12,14H2,(H2,24,30,31)(H,25,26,27)/t17-/m1/s1. The number of ketones is 1. The van der Waals surface area contributed by atoms with E-state index in [9.17, 15) is 13.2 Å².